The summed E-state index contributed by atoms with van der Waals surface area (Å²) >= 11 is 0. The molecular formula is C19H26N4O2. The molecule has 0 atom stereocenters. The van der Waals surface area contributed by atoms with Crippen LogP contribution in [-0.2, 0) is 0 Å². The Morgan fingerprint density at radius 3 is 2.64 bits per heavy atom. The van der Waals surface area contributed by atoms with Gasteiger partial charge < -0.3 is 15.4 Å². The summed E-state index contributed by atoms with van der Waals surface area (Å²) < 4.78 is 5.79. The van der Waals surface area contributed by atoms with Crippen LogP contribution in [0.1, 0.15) is 44.6 Å². The van der Waals surface area contributed by atoms with Gasteiger partial charge in [-0.2, -0.15) is 0 Å². The molecule has 1 amide bonds. The molecular weight excluding hydrogens is 316 g/mol. The summed E-state index contributed by atoms with van der Waals surface area (Å²) in [5.74, 6) is 1.63. The Labute approximate surface area is 149 Å². The predicted molar refractivity (Wildman–Crippen MR) is 99.3 cm³/mol. The van der Waals surface area contributed by atoms with Crippen molar-refractivity contribution in [2.24, 2.45) is 5.92 Å². The highest BCUT2D eigenvalue weighted by atomic mass is 16.5. The van der Waals surface area contributed by atoms with E-state index in [2.05, 4.69) is 34.4 Å². The SMILES string of the molecule is CC(C)CCNC(=O)c1cc(Nc2ccccc2OC(C)C)ncn1. The minimum Gasteiger partial charge on any atom is -0.489 e. The minimum atomic E-state index is -0.196. The van der Waals surface area contributed by atoms with Crippen LogP contribution in [-0.4, -0.2) is 28.5 Å². The molecule has 0 unspecified atom stereocenters. The van der Waals surface area contributed by atoms with Gasteiger partial charge in [0.25, 0.3) is 5.91 Å². The van der Waals surface area contributed by atoms with E-state index in [1.165, 1.54) is 6.33 Å². The summed E-state index contributed by atoms with van der Waals surface area (Å²) in [4.78, 5) is 20.4. The Morgan fingerprint density at radius 2 is 1.92 bits per heavy atom. The van der Waals surface area contributed by atoms with Crippen molar-refractivity contribution < 1.29 is 9.53 Å². The minimum absolute atomic E-state index is 0.0654. The number of amides is 1. The van der Waals surface area contributed by atoms with Gasteiger partial charge in [-0.05, 0) is 38.3 Å². The first-order valence-corrected chi connectivity index (χ1v) is 8.58. The number of carbonyl (C=O) groups is 1. The van der Waals surface area contributed by atoms with E-state index in [9.17, 15) is 4.79 Å². The van der Waals surface area contributed by atoms with E-state index in [0.29, 0.717) is 24.0 Å². The summed E-state index contributed by atoms with van der Waals surface area (Å²) in [7, 11) is 0. The largest absolute Gasteiger partial charge is 0.489 e. The van der Waals surface area contributed by atoms with Gasteiger partial charge in [-0.1, -0.05) is 26.0 Å². The predicted octanol–water partition coefficient (Wildman–Crippen LogP) is 3.78. The van der Waals surface area contributed by atoms with Crippen LogP contribution in [0, 0.1) is 5.92 Å². The van der Waals surface area contributed by atoms with Crippen molar-refractivity contribution in [3.63, 3.8) is 0 Å². The van der Waals surface area contributed by atoms with Crippen molar-refractivity contribution in [1.82, 2.24) is 15.3 Å². The molecule has 0 aliphatic rings. The first-order chi connectivity index (χ1) is 12.0. The second-order valence-corrected chi connectivity index (χ2v) is 6.51. The zero-order chi connectivity index (χ0) is 18.2. The van der Waals surface area contributed by atoms with E-state index >= 15 is 0 Å². The summed E-state index contributed by atoms with van der Waals surface area (Å²) in [6.45, 7) is 8.82. The molecule has 1 heterocycles. The molecule has 25 heavy (non-hydrogen) atoms. The van der Waals surface area contributed by atoms with Gasteiger partial charge in [-0.15, -0.1) is 0 Å². The fourth-order valence-corrected chi connectivity index (χ4v) is 2.18. The van der Waals surface area contributed by atoms with E-state index in [-0.39, 0.29) is 12.0 Å². The van der Waals surface area contributed by atoms with E-state index in [1.807, 2.05) is 38.1 Å². The topological polar surface area (TPSA) is 76.1 Å². The third-order valence-electron chi connectivity index (χ3n) is 3.42. The van der Waals surface area contributed by atoms with Crippen LogP contribution in [0.4, 0.5) is 11.5 Å². The van der Waals surface area contributed by atoms with Crippen LogP contribution in [0.5, 0.6) is 5.75 Å². The van der Waals surface area contributed by atoms with Crippen molar-refractivity contribution in [2.75, 3.05) is 11.9 Å². The molecule has 6 heteroatoms. The van der Waals surface area contributed by atoms with Gasteiger partial charge in [-0.25, -0.2) is 9.97 Å². The van der Waals surface area contributed by atoms with Crippen LogP contribution in [0.25, 0.3) is 0 Å². The average Bonchev–Trinajstić information content (AvgIpc) is 2.56. The highest BCUT2D eigenvalue weighted by molar-refractivity contribution is 5.93. The number of nitrogens with one attached hydrogen (secondary N) is 2. The molecule has 2 N–H and O–H groups in total. The molecule has 0 saturated carbocycles. The average molecular weight is 342 g/mol. The lowest BCUT2D eigenvalue weighted by atomic mass is 10.1. The molecule has 6 nitrogen and oxygen atoms in total. The maximum Gasteiger partial charge on any atom is 0.270 e. The molecule has 2 aromatic rings. The van der Waals surface area contributed by atoms with Gasteiger partial charge in [0.2, 0.25) is 0 Å². The number of carbonyl (C=O) groups excluding carboxylic acids is 1. The lowest BCUT2D eigenvalue weighted by Crippen LogP contribution is -2.26. The Bertz CT molecular complexity index is 701. The Kier molecular flexibility index (Phi) is 6.74. The van der Waals surface area contributed by atoms with Crippen LogP contribution < -0.4 is 15.4 Å². The van der Waals surface area contributed by atoms with E-state index in [1.54, 1.807) is 6.07 Å². The van der Waals surface area contributed by atoms with Crippen LogP contribution in [0.2, 0.25) is 0 Å². The van der Waals surface area contributed by atoms with E-state index in [4.69, 9.17) is 4.74 Å². The lowest BCUT2D eigenvalue weighted by molar-refractivity contribution is 0.0947. The zero-order valence-electron chi connectivity index (χ0n) is 15.2. The van der Waals surface area contributed by atoms with Crippen LogP contribution in [0.3, 0.4) is 0 Å². The summed E-state index contributed by atoms with van der Waals surface area (Å²) in [6, 6.07) is 9.26. The van der Waals surface area contributed by atoms with Gasteiger partial charge in [0.05, 0.1) is 11.8 Å². The van der Waals surface area contributed by atoms with Crippen molar-refractivity contribution in [2.45, 2.75) is 40.2 Å². The van der Waals surface area contributed by atoms with Crippen molar-refractivity contribution in [1.29, 1.82) is 0 Å². The van der Waals surface area contributed by atoms with Gasteiger partial charge in [-0.3, -0.25) is 4.79 Å². The molecule has 0 spiro atoms. The maximum absolute atomic E-state index is 12.2. The standard InChI is InChI=1S/C19H26N4O2/c1-13(2)9-10-20-19(24)16-11-18(22-12-21-16)23-15-7-5-6-8-17(15)25-14(3)4/h5-8,11-14H,9-10H2,1-4H3,(H,20,24)(H,21,22,23). The smallest absolute Gasteiger partial charge is 0.270 e. The lowest BCUT2D eigenvalue weighted by Gasteiger charge is -2.15. The Morgan fingerprint density at radius 1 is 1.16 bits per heavy atom. The third-order valence-corrected chi connectivity index (χ3v) is 3.42. The van der Waals surface area contributed by atoms with Crippen molar-refractivity contribution >= 4 is 17.4 Å². The normalized spacial score (nSPS) is 10.8. The summed E-state index contributed by atoms with van der Waals surface area (Å²) in [5, 5.41) is 6.07. The number of anilines is 2. The molecule has 2 rings (SSSR count). The highest BCUT2D eigenvalue weighted by Gasteiger charge is 2.10. The van der Waals surface area contributed by atoms with Gasteiger partial charge in [0.15, 0.2) is 0 Å². The van der Waals surface area contributed by atoms with Gasteiger partial charge in [0, 0.05) is 12.6 Å². The third kappa shape index (κ3) is 6.06. The number of nitrogens with zero attached hydrogens (tertiary/aromatic N) is 2. The fourth-order valence-electron chi connectivity index (χ4n) is 2.18. The summed E-state index contributed by atoms with van der Waals surface area (Å²) in [5.41, 5.74) is 1.13. The number of hydrogen-bond acceptors (Lipinski definition) is 5. The first-order valence-electron chi connectivity index (χ1n) is 8.58. The van der Waals surface area contributed by atoms with Crippen molar-refractivity contribution in [3.05, 3.63) is 42.4 Å². The number of para-hydroxylation sites is 2. The maximum atomic E-state index is 12.2. The highest BCUT2D eigenvalue weighted by Crippen LogP contribution is 2.27. The van der Waals surface area contributed by atoms with Crippen LogP contribution in [0.15, 0.2) is 36.7 Å². The molecule has 134 valence electrons. The molecule has 0 bridgehead atoms. The van der Waals surface area contributed by atoms with Gasteiger partial charge >= 0.3 is 0 Å². The number of rotatable bonds is 8. The Balaban J connectivity index is 2.08. The Hall–Kier alpha value is -2.63. The summed E-state index contributed by atoms with van der Waals surface area (Å²) in [6.07, 6.45) is 2.38. The van der Waals surface area contributed by atoms with Crippen molar-refractivity contribution in [3.8, 4) is 5.75 Å². The fraction of sp³-hybridized carbons (Fsp3) is 0.421. The molecule has 0 aliphatic heterocycles. The molecule has 0 aliphatic carbocycles. The quantitative estimate of drug-likeness (QED) is 0.763. The van der Waals surface area contributed by atoms with Gasteiger partial charge in [0.1, 0.15) is 23.6 Å². The molecule has 0 saturated heterocycles. The zero-order valence-corrected chi connectivity index (χ0v) is 15.2. The monoisotopic (exact) mass is 342 g/mol. The number of ether oxygens (including phenoxy) is 1. The number of aromatic nitrogens is 2. The second-order valence-electron chi connectivity index (χ2n) is 6.51. The molecule has 1 aromatic carbocycles. The number of hydrogen-bond donors (Lipinski definition) is 2. The van der Waals surface area contributed by atoms with Crippen LogP contribution >= 0.6 is 0 Å². The second kappa shape index (κ2) is 9.01. The van der Waals surface area contributed by atoms with E-state index < -0.39 is 0 Å². The first kappa shape index (κ1) is 18.7. The molecule has 0 radical (unpaired) electrons. The molecule has 0 fully saturated rings. The van der Waals surface area contributed by atoms with E-state index in [0.717, 1.165) is 17.9 Å². The molecule has 1 aromatic heterocycles. The number of benzene rings is 1.